The van der Waals surface area contributed by atoms with Crippen molar-refractivity contribution in [1.29, 1.82) is 0 Å². The maximum Gasteiger partial charge on any atom is 0.412 e. The van der Waals surface area contributed by atoms with Crippen LogP contribution in [0.3, 0.4) is 0 Å². The Kier molecular flexibility index (Phi) is 9.27. The van der Waals surface area contributed by atoms with Crippen molar-refractivity contribution in [3.63, 3.8) is 0 Å². The van der Waals surface area contributed by atoms with Gasteiger partial charge in [-0.25, -0.2) is 4.79 Å². The highest BCUT2D eigenvalue weighted by Gasteiger charge is 2.17. The Morgan fingerprint density at radius 1 is 1.03 bits per heavy atom. The number of nitrogens with one attached hydrogen (secondary N) is 2. The fraction of sp³-hybridized carbons (Fsp3) is 0.185. The molecule has 0 aliphatic carbocycles. The maximum absolute atomic E-state index is 12.6. The lowest BCUT2D eigenvalue weighted by Crippen LogP contribution is -2.17. The van der Waals surface area contributed by atoms with Crippen molar-refractivity contribution < 1.29 is 24.2 Å². The number of nitrogens with two attached hydrogens (primary N) is 1. The Labute approximate surface area is 204 Å². The van der Waals surface area contributed by atoms with Crippen LogP contribution in [0, 0.1) is 6.92 Å². The number of hydrogen-bond donors (Lipinski definition) is 4. The number of benzene rings is 3. The SMILES string of the molecule is Cc1ccc(NC(=O)O[C@@H](C/C=C/C(=O)Nc2ccccc2N)c2cccc(OCCO)c2)cc1. The van der Waals surface area contributed by atoms with Crippen LogP contribution in [-0.4, -0.2) is 30.3 Å². The molecule has 0 saturated heterocycles. The maximum atomic E-state index is 12.6. The second-order valence-electron chi connectivity index (χ2n) is 7.74. The largest absolute Gasteiger partial charge is 0.491 e. The van der Waals surface area contributed by atoms with Crippen LogP contribution in [0.1, 0.15) is 23.7 Å². The molecule has 0 heterocycles. The summed E-state index contributed by atoms with van der Waals surface area (Å²) in [5.74, 6) is 0.177. The topological polar surface area (TPSA) is 123 Å². The van der Waals surface area contributed by atoms with Crippen LogP contribution in [0.25, 0.3) is 0 Å². The lowest BCUT2D eigenvalue weighted by atomic mass is 10.1. The highest BCUT2D eigenvalue weighted by molar-refractivity contribution is 6.01. The molecule has 0 fully saturated rings. The van der Waals surface area contributed by atoms with E-state index < -0.39 is 12.2 Å². The Bertz CT molecular complexity index is 1160. The smallest absolute Gasteiger partial charge is 0.412 e. The quantitative estimate of drug-likeness (QED) is 0.246. The monoisotopic (exact) mass is 475 g/mol. The van der Waals surface area contributed by atoms with Gasteiger partial charge in [0, 0.05) is 12.1 Å². The minimum Gasteiger partial charge on any atom is -0.491 e. The van der Waals surface area contributed by atoms with Crippen LogP contribution in [0.2, 0.25) is 0 Å². The van der Waals surface area contributed by atoms with Gasteiger partial charge in [0.25, 0.3) is 0 Å². The molecule has 0 aliphatic heterocycles. The van der Waals surface area contributed by atoms with E-state index in [2.05, 4.69) is 10.6 Å². The summed E-state index contributed by atoms with van der Waals surface area (Å²) in [5.41, 5.74) is 9.20. The van der Waals surface area contributed by atoms with Gasteiger partial charge in [-0.15, -0.1) is 0 Å². The predicted octanol–water partition coefficient (Wildman–Crippen LogP) is 4.82. The fourth-order valence-electron chi connectivity index (χ4n) is 3.22. The van der Waals surface area contributed by atoms with Gasteiger partial charge >= 0.3 is 6.09 Å². The van der Waals surface area contributed by atoms with Gasteiger partial charge in [0.2, 0.25) is 5.91 Å². The third-order valence-electron chi connectivity index (χ3n) is 4.98. The van der Waals surface area contributed by atoms with Crippen molar-refractivity contribution in [3.05, 3.63) is 96.1 Å². The number of para-hydroxylation sites is 2. The molecule has 0 bridgehead atoms. The molecule has 0 saturated carbocycles. The number of aryl methyl sites for hydroxylation is 1. The lowest BCUT2D eigenvalue weighted by molar-refractivity contribution is -0.111. The first kappa shape index (κ1) is 25.3. The van der Waals surface area contributed by atoms with E-state index in [4.69, 9.17) is 20.3 Å². The minimum absolute atomic E-state index is 0.118. The molecule has 8 heteroatoms. The average molecular weight is 476 g/mol. The molecule has 8 nitrogen and oxygen atoms in total. The fourth-order valence-corrected chi connectivity index (χ4v) is 3.22. The number of amides is 2. The summed E-state index contributed by atoms with van der Waals surface area (Å²) in [5, 5.41) is 14.4. The van der Waals surface area contributed by atoms with E-state index in [0.29, 0.717) is 28.4 Å². The average Bonchev–Trinajstić information content (AvgIpc) is 2.85. The third-order valence-corrected chi connectivity index (χ3v) is 4.98. The highest BCUT2D eigenvalue weighted by atomic mass is 16.6. The number of anilines is 3. The van der Waals surface area contributed by atoms with Crippen LogP contribution >= 0.6 is 0 Å². The van der Waals surface area contributed by atoms with Gasteiger partial charge in [-0.1, -0.05) is 48.0 Å². The molecule has 0 unspecified atom stereocenters. The van der Waals surface area contributed by atoms with E-state index in [1.54, 1.807) is 66.7 Å². The second kappa shape index (κ2) is 12.8. The van der Waals surface area contributed by atoms with Gasteiger partial charge in [-0.2, -0.15) is 0 Å². The molecule has 3 aromatic carbocycles. The molecule has 182 valence electrons. The number of ether oxygens (including phenoxy) is 2. The van der Waals surface area contributed by atoms with E-state index in [-0.39, 0.29) is 25.5 Å². The van der Waals surface area contributed by atoms with Crippen molar-refractivity contribution in [1.82, 2.24) is 0 Å². The number of nitrogen functional groups attached to an aromatic ring is 1. The van der Waals surface area contributed by atoms with E-state index in [1.807, 2.05) is 19.1 Å². The summed E-state index contributed by atoms with van der Waals surface area (Å²) in [4.78, 5) is 24.9. The molecule has 0 aliphatic rings. The van der Waals surface area contributed by atoms with Gasteiger partial charge in [-0.3, -0.25) is 10.1 Å². The molecule has 35 heavy (non-hydrogen) atoms. The first-order valence-electron chi connectivity index (χ1n) is 11.1. The van der Waals surface area contributed by atoms with Gasteiger partial charge < -0.3 is 25.6 Å². The summed E-state index contributed by atoms with van der Waals surface area (Å²) >= 11 is 0. The number of carbonyl (C=O) groups excluding carboxylic acids is 2. The van der Waals surface area contributed by atoms with E-state index in [0.717, 1.165) is 5.56 Å². The Morgan fingerprint density at radius 2 is 1.80 bits per heavy atom. The van der Waals surface area contributed by atoms with Crippen molar-refractivity contribution in [2.24, 2.45) is 0 Å². The van der Waals surface area contributed by atoms with Crippen molar-refractivity contribution in [3.8, 4) is 5.75 Å². The summed E-state index contributed by atoms with van der Waals surface area (Å²) in [6.45, 7) is 1.98. The molecular formula is C27H29N3O5. The standard InChI is InChI=1S/C27H29N3O5/c1-19-12-14-21(15-13-19)29-27(33)35-25(20-6-4-7-22(18-20)34-17-16-31)10-5-11-26(32)30-24-9-3-2-8-23(24)28/h2-9,11-15,18,25,31H,10,16-17,28H2,1H3,(H,29,33)(H,30,32)/b11-5+/t25-/m0/s1. The second-order valence-corrected chi connectivity index (χ2v) is 7.74. The molecule has 0 radical (unpaired) electrons. The molecule has 0 aromatic heterocycles. The third kappa shape index (κ3) is 8.21. The molecule has 3 rings (SSSR count). The van der Waals surface area contributed by atoms with Gasteiger partial charge in [0.05, 0.1) is 18.0 Å². The minimum atomic E-state index is -0.691. The molecule has 1 atom stereocenters. The molecule has 5 N–H and O–H groups in total. The van der Waals surface area contributed by atoms with E-state index >= 15 is 0 Å². The van der Waals surface area contributed by atoms with E-state index in [9.17, 15) is 9.59 Å². The zero-order valence-corrected chi connectivity index (χ0v) is 19.4. The summed E-state index contributed by atoms with van der Waals surface area (Å²) < 4.78 is 11.2. The summed E-state index contributed by atoms with van der Waals surface area (Å²) in [6, 6.07) is 21.4. The Hall–Kier alpha value is -4.30. The Morgan fingerprint density at radius 3 is 2.54 bits per heavy atom. The first-order valence-corrected chi connectivity index (χ1v) is 11.1. The molecule has 2 amide bonds. The lowest BCUT2D eigenvalue weighted by Gasteiger charge is -2.18. The number of aliphatic hydroxyl groups excluding tert-OH is 1. The normalized spacial score (nSPS) is 11.6. The van der Waals surface area contributed by atoms with E-state index in [1.165, 1.54) is 6.08 Å². The van der Waals surface area contributed by atoms with Gasteiger partial charge in [-0.05, 0) is 55.0 Å². The van der Waals surface area contributed by atoms with Crippen LogP contribution in [0.5, 0.6) is 5.75 Å². The molecule has 3 aromatic rings. The van der Waals surface area contributed by atoms with Crippen LogP contribution in [0.4, 0.5) is 21.9 Å². The van der Waals surface area contributed by atoms with Crippen molar-refractivity contribution in [2.75, 3.05) is 29.6 Å². The summed E-state index contributed by atoms with van der Waals surface area (Å²) in [7, 11) is 0. The highest BCUT2D eigenvalue weighted by Crippen LogP contribution is 2.26. The Balaban J connectivity index is 1.71. The van der Waals surface area contributed by atoms with Crippen LogP contribution in [-0.2, 0) is 9.53 Å². The van der Waals surface area contributed by atoms with Gasteiger partial charge in [0.15, 0.2) is 0 Å². The first-order chi connectivity index (χ1) is 16.9. The zero-order valence-electron chi connectivity index (χ0n) is 19.4. The van der Waals surface area contributed by atoms with Crippen molar-refractivity contribution >= 4 is 29.1 Å². The number of carbonyl (C=O) groups is 2. The van der Waals surface area contributed by atoms with Gasteiger partial charge in [0.1, 0.15) is 18.5 Å². The molecular weight excluding hydrogens is 446 g/mol. The van der Waals surface area contributed by atoms with Crippen LogP contribution < -0.4 is 21.1 Å². The number of aliphatic hydroxyl groups is 1. The zero-order chi connectivity index (χ0) is 25.0. The van der Waals surface area contributed by atoms with Crippen molar-refractivity contribution in [2.45, 2.75) is 19.4 Å². The summed E-state index contributed by atoms with van der Waals surface area (Å²) in [6.07, 6.45) is 1.91. The number of rotatable bonds is 10. The van der Waals surface area contributed by atoms with Crippen LogP contribution in [0.15, 0.2) is 84.9 Å². The number of hydrogen-bond acceptors (Lipinski definition) is 6. The molecule has 0 spiro atoms. The predicted molar refractivity (Wildman–Crippen MR) is 136 cm³/mol.